The Labute approximate surface area is 102 Å². The van der Waals surface area contributed by atoms with E-state index in [1.54, 1.807) is 18.9 Å². The molecule has 0 unspecified atom stereocenters. The van der Waals surface area contributed by atoms with Crippen LogP contribution in [0.25, 0.3) is 0 Å². The standard InChI is InChI=1S/C10H14BrNO2S/c1-13-10-8(11)5-7(3-4-14-12)6-9(10)15-2/h5-6H,3-4,12H2,1-2H3. The third-order valence-electron chi connectivity index (χ3n) is 2.00. The van der Waals surface area contributed by atoms with Gasteiger partial charge in [0.05, 0.1) is 23.1 Å². The van der Waals surface area contributed by atoms with Crippen LogP contribution in [0.5, 0.6) is 5.75 Å². The largest absolute Gasteiger partial charge is 0.494 e. The number of benzene rings is 1. The van der Waals surface area contributed by atoms with Crippen LogP contribution in [0.3, 0.4) is 0 Å². The molecule has 0 aliphatic heterocycles. The Kier molecular flexibility index (Phi) is 5.45. The number of methoxy groups -OCH3 is 1. The number of ether oxygens (including phenoxy) is 1. The molecule has 5 heteroatoms. The molecule has 0 spiro atoms. The summed E-state index contributed by atoms with van der Waals surface area (Å²) < 4.78 is 6.26. The van der Waals surface area contributed by atoms with Crippen LogP contribution in [0.2, 0.25) is 0 Å². The number of nitrogens with two attached hydrogens (primary N) is 1. The molecule has 2 N–H and O–H groups in total. The second-order valence-electron chi connectivity index (χ2n) is 2.93. The van der Waals surface area contributed by atoms with Crippen LogP contribution >= 0.6 is 27.7 Å². The molecule has 0 saturated carbocycles. The van der Waals surface area contributed by atoms with Crippen molar-refractivity contribution in [2.24, 2.45) is 5.90 Å². The molecule has 1 aromatic carbocycles. The smallest absolute Gasteiger partial charge is 0.146 e. The average molecular weight is 292 g/mol. The SMILES string of the molecule is COc1c(Br)cc(CCON)cc1SC. The first-order valence-corrected chi connectivity index (χ1v) is 6.46. The van der Waals surface area contributed by atoms with Gasteiger partial charge in [0.25, 0.3) is 0 Å². The molecular formula is C10H14BrNO2S. The highest BCUT2D eigenvalue weighted by molar-refractivity contribution is 9.10. The lowest BCUT2D eigenvalue weighted by Gasteiger charge is -2.11. The van der Waals surface area contributed by atoms with Gasteiger partial charge in [0.2, 0.25) is 0 Å². The summed E-state index contributed by atoms with van der Waals surface area (Å²) in [5.74, 6) is 5.87. The topological polar surface area (TPSA) is 44.5 Å². The molecule has 0 aromatic heterocycles. The highest BCUT2D eigenvalue weighted by Crippen LogP contribution is 2.36. The molecule has 1 rings (SSSR count). The van der Waals surface area contributed by atoms with Crippen molar-refractivity contribution >= 4 is 27.7 Å². The van der Waals surface area contributed by atoms with Gasteiger partial charge < -0.3 is 9.57 Å². The number of hydrogen-bond acceptors (Lipinski definition) is 4. The van der Waals surface area contributed by atoms with Gasteiger partial charge in [-0.25, -0.2) is 5.90 Å². The van der Waals surface area contributed by atoms with Crippen molar-refractivity contribution < 1.29 is 9.57 Å². The van der Waals surface area contributed by atoms with E-state index in [2.05, 4.69) is 26.8 Å². The minimum absolute atomic E-state index is 0.520. The van der Waals surface area contributed by atoms with Crippen LogP contribution in [0.1, 0.15) is 5.56 Å². The van der Waals surface area contributed by atoms with E-state index in [1.807, 2.05) is 12.3 Å². The summed E-state index contributed by atoms with van der Waals surface area (Å²) in [6, 6.07) is 4.12. The Morgan fingerprint density at radius 1 is 1.47 bits per heavy atom. The summed E-state index contributed by atoms with van der Waals surface area (Å²) in [4.78, 5) is 5.67. The monoisotopic (exact) mass is 291 g/mol. The van der Waals surface area contributed by atoms with Gasteiger partial charge >= 0.3 is 0 Å². The van der Waals surface area contributed by atoms with Crippen molar-refractivity contribution in [1.82, 2.24) is 0 Å². The lowest BCUT2D eigenvalue weighted by atomic mass is 10.1. The maximum Gasteiger partial charge on any atom is 0.146 e. The van der Waals surface area contributed by atoms with Crippen molar-refractivity contribution in [3.63, 3.8) is 0 Å². The molecule has 0 aliphatic carbocycles. The van der Waals surface area contributed by atoms with Gasteiger partial charge in [0.1, 0.15) is 5.75 Å². The minimum Gasteiger partial charge on any atom is -0.494 e. The molecule has 0 heterocycles. The van der Waals surface area contributed by atoms with E-state index in [9.17, 15) is 0 Å². The maximum absolute atomic E-state index is 5.30. The summed E-state index contributed by atoms with van der Waals surface area (Å²) in [7, 11) is 1.67. The highest BCUT2D eigenvalue weighted by Gasteiger charge is 2.08. The van der Waals surface area contributed by atoms with E-state index >= 15 is 0 Å². The van der Waals surface area contributed by atoms with Crippen LogP contribution in [-0.4, -0.2) is 20.0 Å². The lowest BCUT2D eigenvalue weighted by molar-refractivity contribution is 0.141. The Morgan fingerprint density at radius 3 is 2.73 bits per heavy atom. The maximum atomic E-state index is 5.30. The van der Waals surface area contributed by atoms with Crippen LogP contribution in [0.15, 0.2) is 21.5 Å². The average Bonchev–Trinajstić information content (AvgIpc) is 2.25. The summed E-state index contributed by atoms with van der Waals surface area (Å²) in [5.41, 5.74) is 1.18. The lowest BCUT2D eigenvalue weighted by Crippen LogP contribution is -2.04. The zero-order chi connectivity index (χ0) is 11.3. The van der Waals surface area contributed by atoms with Gasteiger partial charge in [-0.3, -0.25) is 0 Å². The molecule has 15 heavy (non-hydrogen) atoms. The fraction of sp³-hybridized carbons (Fsp3) is 0.400. The molecule has 3 nitrogen and oxygen atoms in total. The summed E-state index contributed by atoms with van der Waals surface area (Å²) >= 11 is 5.14. The predicted octanol–water partition coefficient (Wildman–Crippen LogP) is 2.61. The van der Waals surface area contributed by atoms with Crippen LogP contribution < -0.4 is 10.6 Å². The number of hydrogen-bond donors (Lipinski definition) is 1. The normalized spacial score (nSPS) is 10.4. The van der Waals surface area contributed by atoms with Crippen molar-refractivity contribution in [3.8, 4) is 5.75 Å². The van der Waals surface area contributed by atoms with Crippen molar-refractivity contribution in [2.45, 2.75) is 11.3 Å². The zero-order valence-corrected chi connectivity index (χ0v) is 11.2. The Hall–Kier alpha value is -0.230. The van der Waals surface area contributed by atoms with Gasteiger partial charge in [-0.05, 0) is 46.3 Å². The highest BCUT2D eigenvalue weighted by atomic mass is 79.9. The first kappa shape index (κ1) is 12.8. The predicted molar refractivity (Wildman–Crippen MR) is 66.3 cm³/mol. The van der Waals surface area contributed by atoms with Crippen molar-refractivity contribution in [2.75, 3.05) is 20.0 Å². The summed E-state index contributed by atoms with van der Waals surface area (Å²) in [6.07, 6.45) is 2.82. The van der Waals surface area contributed by atoms with Crippen LogP contribution in [0, 0.1) is 0 Å². The van der Waals surface area contributed by atoms with Gasteiger partial charge in [0.15, 0.2) is 0 Å². The third-order valence-corrected chi connectivity index (χ3v) is 3.33. The van der Waals surface area contributed by atoms with E-state index in [1.165, 1.54) is 5.56 Å². The Bertz CT molecular complexity index is 333. The molecule has 1 aromatic rings. The Balaban J connectivity index is 2.97. The van der Waals surface area contributed by atoms with Crippen LogP contribution in [0.4, 0.5) is 0 Å². The zero-order valence-electron chi connectivity index (χ0n) is 8.75. The van der Waals surface area contributed by atoms with E-state index in [0.717, 1.165) is 21.5 Å². The molecule has 0 aliphatic rings. The van der Waals surface area contributed by atoms with E-state index in [-0.39, 0.29) is 0 Å². The van der Waals surface area contributed by atoms with Crippen molar-refractivity contribution in [3.05, 3.63) is 22.2 Å². The van der Waals surface area contributed by atoms with Crippen molar-refractivity contribution in [1.29, 1.82) is 0 Å². The summed E-state index contributed by atoms with van der Waals surface area (Å²) in [6.45, 7) is 0.520. The van der Waals surface area contributed by atoms with Gasteiger partial charge in [-0.15, -0.1) is 11.8 Å². The van der Waals surface area contributed by atoms with Crippen LogP contribution in [-0.2, 0) is 11.3 Å². The number of rotatable bonds is 5. The van der Waals surface area contributed by atoms with Gasteiger partial charge in [-0.2, -0.15) is 0 Å². The van der Waals surface area contributed by atoms with E-state index < -0.39 is 0 Å². The first-order chi connectivity index (χ1) is 7.22. The minimum atomic E-state index is 0.520. The van der Waals surface area contributed by atoms with Gasteiger partial charge in [-0.1, -0.05) is 0 Å². The molecule has 0 radical (unpaired) electrons. The van der Waals surface area contributed by atoms with E-state index in [4.69, 9.17) is 10.6 Å². The molecule has 0 amide bonds. The number of thioether (sulfide) groups is 1. The van der Waals surface area contributed by atoms with E-state index in [0.29, 0.717) is 6.61 Å². The second kappa shape index (κ2) is 6.37. The second-order valence-corrected chi connectivity index (χ2v) is 4.64. The first-order valence-electron chi connectivity index (χ1n) is 4.45. The molecule has 0 atom stereocenters. The third kappa shape index (κ3) is 3.38. The fourth-order valence-corrected chi connectivity index (χ4v) is 2.74. The summed E-state index contributed by atoms with van der Waals surface area (Å²) in [5, 5.41) is 0. The fourth-order valence-electron chi connectivity index (χ4n) is 1.29. The molecule has 0 fully saturated rings. The molecular weight excluding hydrogens is 278 g/mol. The quantitative estimate of drug-likeness (QED) is 0.669. The Morgan fingerprint density at radius 2 is 2.20 bits per heavy atom. The van der Waals surface area contributed by atoms with Gasteiger partial charge in [0, 0.05) is 0 Å². The molecule has 0 saturated heterocycles. The number of halogens is 1. The molecule has 0 bridgehead atoms. The molecule has 84 valence electrons.